The maximum absolute atomic E-state index is 13.3. The summed E-state index contributed by atoms with van der Waals surface area (Å²) in [7, 11) is 0. The highest BCUT2D eigenvalue weighted by Gasteiger charge is 2.35. The van der Waals surface area contributed by atoms with Crippen LogP contribution in [-0.2, 0) is 24.1 Å². The van der Waals surface area contributed by atoms with Gasteiger partial charge < -0.3 is 35.2 Å². The average Bonchev–Trinajstić information content (AvgIpc) is 2.98. The van der Waals surface area contributed by atoms with Crippen LogP contribution in [0.5, 0.6) is 0 Å². The van der Waals surface area contributed by atoms with Gasteiger partial charge in [-0.2, -0.15) is 0 Å². The van der Waals surface area contributed by atoms with E-state index in [1.807, 2.05) is 0 Å². The normalized spacial score (nSPS) is 26.9. The SMILES string of the molecule is O=C(O)CN1CC(CO)N(CC(=O)N2CCOCC2)CC(CO)N(CCOO)CC(CO)N(CCOO)CC1CO. The smallest absolute Gasteiger partial charge is 0.317 e. The molecule has 0 aliphatic carbocycles. The number of aliphatic carboxylic acids is 1. The molecule has 2 heterocycles. The van der Waals surface area contributed by atoms with E-state index in [0.29, 0.717) is 26.3 Å². The molecule has 1 amide bonds. The minimum absolute atomic E-state index is 0.0313. The van der Waals surface area contributed by atoms with Crippen molar-refractivity contribution >= 4 is 11.9 Å². The number of amides is 1. The van der Waals surface area contributed by atoms with Crippen molar-refractivity contribution in [3.8, 4) is 0 Å². The molecule has 7 N–H and O–H groups in total. The van der Waals surface area contributed by atoms with Crippen molar-refractivity contribution in [1.29, 1.82) is 0 Å². The van der Waals surface area contributed by atoms with Crippen LogP contribution in [0, 0.1) is 0 Å². The van der Waals surface area contributed by atoms with Gasteiger partial charge in [-0.1, -0.05) is 0 Å². The molecule has 240 valence electrons. The summed E-state index contributed by atoms with van der Waals surface area (Å²) in [6, 6.07) is -2.76. The van der Waals surface area contributed by atoms with E-state index in [0.717, 1.165) is 0 Å². The standard InChI is InChI=1S/C24H47N5O12/c30-15-19-9-26(3-7-40-37)20(16-31)11-28(13-23(34)25-1-5-39-6-2-25)22(18-33)12-29(14-24(35)36)21(17-32)10-27(19)4-8-41-38/h19-22,30-33,37-38H,1-18H2,(H,35,36). The molecule has 41 heavy (non-hydrogen) atoms. The molecular formula is C24H47N5O12. The number of carbonyl (C=O) groups excluding carboxylic acids is 1. The molecule has 0 aromatic rings. The third-order valence-corrected chi connectivity index (χ3v) is 7.67. The molecule has 17 nitrogen and oxygen atoms in total. The van der Waals surface area contributed by atoms with E-state index in [9.17, 15) is 35.1 Å². The van der Waals surface area contributed by atoms with E-state index in [-0.39, 0.29) is 78.1 Å². The lowest BCUT2D eigenvalue weighted by Gasteiger charge is -2.45. The number of carboxylic acid groups (broad SMARTS) is 1. The lowest BCUT2D eigenvalue weighted by molar-refractivity contribution is -0.247. The van der Waals surface area contributed by atoms with E-state index < -0.39 is 49.9 Å². The molecule has 0 aromatic heterocycles. The molecular weight excluding hydrogens is 550 g/mol. The molecule has 17 heteroatoms. The van der Waals surface area contributed by atoms with Crippen LogP contribution in [0.15, 0.2) is 0 Å². The summed E-state index contributed by atoms with van der Waals surface area (Å²) in [6.45, 7) is -0.343. The summed E-state index contributed by atoms with van der Waals surface area (Å²) < 4.78 is 5.34. The number of carbonyl (C=O) groups is 2. The minimum Gasteiger partial charge on any atom is -0.480 e. The molecule has 2 aliphatic rings. The van der Waals surface area contributed by atoms with E-state index in [1.54, 1.807) is 19.6 Å². The molecule has 0 spiro atoms. The lowest BCUT2D eigenvalue weighted by Crippen LogP contribution is -2.62. The Morgan fingerprint density at radius 3 is 1.44 bits per heavy atom. The van der Waals surface area contributed by atoms with Gasteiger partial charge in [0, 0.05) is 76.5 Å². The van der Waals surface area contributed by atoms with Gasteiger partial charge in [0.1, 0.15) is 0 Å². The number of rotatable bonds is 14. The first-order chi connectivity index (χ1) is 19.8. The number of hydrogen-bond donors (Lipinski definition) is 7. The number of aliphatic hydroxyl groups excluding tert-OH is 4. The molecule has 2 saturated heterocycles. The molecule has 2 aliphatic heterocycles. The van der Waals surface area contributed by atoms with E-state index in [2.05, 4.69) is 9.78 Å². The second-order valence-electron chi connectivity index (χ2n) is 10.2. The van der Waals surface area contributed by atoms with Gasteiger partial charge >= 0.3 is 5.97 Å². The van der Waals surface area contributed by atoms with Gasteiger partial charge in [0.15, 0.2) is 0 Å². The Balaban J connectivity index is 2.52. The zero-order valence-corrected chi connectivity index (χ0v) is 23.4. The van der Waals surface area contributed by atoms with Crippen LogP contribution in [0.25, 0.3) is 0 Å². The number of carboxylic acids is 1. The largest absolute Gasteiger partial charge is 0.480 e. The molecule has 0 radical (unpaired) electrons. The van der Waals surface area contributed by atoms with Crippen molar-refractivity contribution in [2.75, 3.05) is 118 Å². The quantitative estimate of drug-likeness (QED) is 0.0742. The number of aliphatic hydroxyl groups is 4. The van der Waals surface area contributed by atoms with Gasteiger partial charge in [-0.15, -0.1) is 0 Å². The Labute approximate surface area is 239 Å². The Kier molecular flexibility index (Phi) is 17.0. The van der Waals surface area contributed by atoms with Crippen molar-refractivity contribution in [1.82, 2.24) is 24.5 Å². The topological polar surface area (TPSA) is 220 Å². The summed E-state index contributed by atoms with van der Waals surface area (Å²) in [5, 5.41) is 69.3. The number of hydrogen-bond acceptors (Lipinski definition) is 15. The molecule has 4 atom stereocenters. The lowest BCUT2D eigenvalue weighted by atomic mass is 10.1. The highest BCUT2D eigenvalue weighted by molar-refractivity contribution is 5.78. The third kappa shape index (κ3) is 11.6. The van der Waals surface area contributed by atoms with Crippen LogP contribution in [0.2, 0.25) is 0 Å². The average molecular weight is 598 g/mol. The Morgan fingerprint density at radius 2 is 1.05 bits per heavy atom. The monoisotopic (exact) mass is 597 g/mol. The summed E-state index contributed by atoms with van der Waals surface area (Å²) in [5.74, 6) is -1.37. The predicted molar refractivity (Wildman–Crippen MR) is 142 cm³/mol. The number of nitrogens with zero attached hydrogens (tertiary/aromatic N) is 5. The van der Waals surface area contributed by atoms with E-state index in [4.69, 9.17) is 15.3 Å². The molecule has 2 rings (SSSR count). The van der Waals surface area contributed by atoms with Crippen LogP contribution >= 0.6 is 0 Å². The van der Waals surface area contributed by atoms with Gasteiger partial charge in [0.25, 0.3) is 0 Å². The van der Waals surface area contributed by atoms with Crippen LogP contribution in [-0.4, -0.2) is 215 Å². The van der Waals surface area contributed by atoms with E-state index in [1.165, 1.54) is 4.90 Å². The van der Waals surface area contributed by atoms with Gasteiger partial charge in [0.05, 0.1) is 65.9 Å². The van der Waals surface area contributed by atoms with Gasteiger partial charge in [-0.25, -0.2) is 9.78 Å². The molecule has 0 aromatic carbocycles. The number of ether oxygens (including phenoxy) is 1. The molecule has 4 unspecified atom stereocenters. The first-order valence-electron chi connectivity index (χ1n) is 13.8. The Hall–Kier alpha value is -1.58. The third-order valence-electron chi connectivity index (χ3n) is 7.67. The first-order valence-corrected chi connectivity index (χ1v) is 13.8. The fourth-order valence-electron chi connectivity index (χ4n) is 5.35. The van der Waals surface area contributed by atoms with Gasteiger partial charge in [-0.05, 0) is 0 Å². The van der Waals surface area contributed by atoms with Crippen molar-refractivity contribution in [3.63, 3.8) is 0 Å². The van der Waals surface area contributed by atoms with Crippen LogP contribution in [0.4, 0.5) is 0 Å². The van der Waals surface area contributed by atoms with Crippen LogP contribution in [0.3, 0.4) is 0 Å². The van der Waals surface area contributed by atoms with Crippen LogP contribution < -0.4 is 0 Å². The molecule has 0 bridgehead atoms. The van der Waals surface area contributed by atoms with Gasteiger partial charge in [0.2, 0.25) is 5.91 Å². The predicted octanol–water partition coefficient (Wildman–Crippen LogP) is -4.43. The zero-order valence-electron chi connectivity index (χ0n) is 23.4. The van der Waals surface area contributed by atoms with Crippen molar-refractivity contribution in [3.05, 3.63) is 0 Å². The summed E-state index contributed by atoms with van der Waals surface area (Å²) in [5.41, 5.74) is 0. The highest BCUT2D eigenvalue weighted by Crippen LogP contribution is 2.16. The molecule has 0 saturated carbocycles. The summed E-state index contributed by atoms with van der Waals surface area (Å²) in [6.07, 6.45) is 0. The highest BCUT2D eigenvalue weighted by atomic mass is 17.1. The Morgan fingerprint density at radius 1 is 0.659 bits per heavy atom. The summed E-state index contributed by atoms with van der Waals surface area (Å²) >= 11 is 0. The maximum Gasteiger partial charge on any atom is 0.317 e. The fourth-order valence-corrected chi connectivity index (χ4v) is 5.35. The van der Waals surface area contributed by atoms with Crippen LogP contribution in [0.1, 0.15) is 0 Å². The van der Waals surface area contributed by atoms with Gasteiger partial charge in [-0.3, -0.25) is 39.7 Å². The second kappa shape index (κ2) is 19.6. The Bertz CT molecular complexity index is 750. The second-order valence-corrected chi connectivity index (χ2v) is 10.2. The van der Waals surface area contributed by atoms with Crippen molar-refractivity contribution < 1.29 is 60.1 Å². The first kappa shape index (κ1) is 35.6. The molecule has 2 fully saturated rings. The van der Waals surface area contributed by atoms with Crippen molar-refractivity contribution in [2.24, 2.45) is 0 Å². The number of morpholine rings is 1. The van der Waals surface area contributed by atoms with E-state index >= 15 is 0 Å². The zero-order chi connectivity index (χ0) is 30.2. The summed E-state index contributed by atoms with van der Waals surface area (Å²) in [4.78, 5) is 42.0. The minimum atomic E-state index is -1.16. The van der Waals surface area contributed by atoms with Crippen molar-refractivity contribution in [2.45, 2.75) is 24.2 Å². The fraction of sp³-hybridized carbons (Fsp3) is 0.917. The maximum atomic E-state index is 13.3.